The van der Waals surface area contributed by atoms with Crippen LogP contribution in [-0.4, -0.2) is 23.8 Å². The lowest BCUT2D eigenvalue weighted by molar-refractivity contribution is 0.0919. The highest BCUT2D eigenvalue weighted by Gasteiger charge is 2.14. The zero-order valence-electron chi connectivity index (χ0n) is 17.8. The highest BCUT2D eigenvalue weighted by Crippen LogP contribution is 2.17. The van der Waals surface area contributed by atoms with Crippen molar-refractivity contribution in [2.45, 2.75) is 39.3 Å². The van der Waals surface area contributed by atoms with E-state index in [0.29, 0.717) is 18.7 Å². The number of hydrogen-bond acceptors (Lipinski definition) is 3. The molecule has 0 radical (unpaired) electrons. The Morgan fingerprint density at radius 1 is 0.800 bits per heavy atom. The molecule has 0 atom stereocenters. The minimum Gasteiger partial charge on any atom is -0.494 e. The molecule has 0 unspecified atom stereocenters. The lowest BCUT2D eigenvalue weighted by Gasteiger charge is -2.22. The van der Waals surface area contributed by atoms with E-state index in [0.717, 1.165) is 31.7 Å². The predicted octanol–water partition coefficient (Wildman–Crippen LogP) is 6.14. The highest BCUT2D eigenvalue weighted by molar-refractivity contribution is 5.97. The lowest BCUT2D eigenvalue weighted by atomic mass is 10.1. The minimum absolute atomic E-state index is 0.112. The van der Waals surface area contributed by atoms with E-state index < -0.39 is 0 Å². The summed E-state index contributed by atoms with van der Waals surface area (Å²) >= 11 is 0. The van der Waals surface area contributed by atoms with Gasteiger partial charge in [0.05, 0.1) is 13.2 Å². The fraction of sp³-hybridized carbons (Fsp3) is 0.296. The quantitative estimate of drug-likeness (QED) is 0.270. The van der Waals surface area contributed by atoms with Crippen LogP contribution >= 0.6 is 0 Å². The maximum Gasteiger partial charge on any atom is 0.176 e. The van der Waals surface area contributed by atoms with Crippen molar-refractivity contribution >= 4 is 5.78 Å². The first-order valence-corrected chi connectivity index (χ1v) is 10.8. The largest absolute Gasteiger partial charge is 0.494 e. The Hall–Kier alpha value is -2.91. The molecule has 3 aromatic carbocycles. The fourth-order valence-electron chi connectivity index (χ4n) is 3.45. The van der Waals surface area contributed by atoms with Gasteiger partial charge in [-0.1, -0.05) is 92.6 Å². The molecule has 0 aliphatic rings. The van der Waals surface area contributed by atoms with Crippen LogP contribution in [0.3, 0.4) is 0 Å². The number of hydrogen-bond donors (Lipinski definition) is 0. The van der Waals surface area contributed by atoms with E-state index >= 15 is 0 Å². The second-order valence-electron chi connectivity index (χ2n) is 7.62. The molecule has 3 heteroatoms. The number of ether oxygens (including phenoxy) is 1. The molecule has 3 rings (SSSR count). The van der Waals surface area contributed by atoms with Gasteiger partial charge in [-0.2, -0.15) is 0 Å². The zero-order valence-corrected chi connectivity index (χ0v) is 17.8. The van der Waals surface area contributed by atoms with Crippen LogP contribution in [0.15, 0.2) is 84.9 Å². The summed E-state index contributed by atoms with van der Waals surface area (Å²) in [6, 6.07) is 28.2. The van der Waals surface area contributed by atoms with Gasteiger partial charge in [0, 0.05) is 18.7 Å². The van der Waals surface area contributed by atoms with Crippen LogP contribution in [0.25, 0.3) is 0 Å². The molecule has 0 heterocycles. The van der Waals surface area contributed by atoms with Crippen molar-refractivity contribution in [3.05, 3.63) is 102 Å². The van der Waals surface area contributed by atoms with Gasteiger partial charge in [-0.3, -0.25) is 9.69 Å². The molecule has 0 saturated heterocycles. The molecule has 0 fully saturated rings. The predicted molar refractivity (Wildman–Crippen MR) is 123 cm³/mol. The van der Waals surface area contributed by atoms with Crippen LogP contribution in [0.4, 0.5) is 0 Å². The third-order valence-electron chi connectivity index (χ3n) is 5.04. The first kappa shape index (κ1) is 21.8. The van der Waals surface area contributed by atoms with E-state index in [1.165, 1.54) is 17.5 Å². The fourth-order valence-corrected chi connectivity index (χ4v) is 3.45. The topological polar surface area (TPSA) is 29.5 Å². The molecule has 30 heavy (non-hydrogen) atoms. The summed E-state index contributed by atoms with van der Waals surface area (Å²) in [5, 5.41) is 0. The third-order valence-corrected chi connectivity index (χ3v) is 5.04. The molecule has 0 aliphatic carbocycles. The number of carbonyl (C=O) groups is 1. The van der Waals surface area contributed by atoms with E-state index in [4.69, 9.17) is 4.74 Å². The number of Topliss-reactive ketones (excluding diaryl/α,β-unsaturated/α-hetero) is 1. The highest BCUT2D eigenvalue weighted by atomic mass is 16.5. The van der Waals surface area contributed by atoms with E-state index in [1.54, 1.807) is 0 Å². The summed E-state index contributed by atoms with van der Waals surface area (Å²) in [6.45, 7) is 4.70. The Morgan fingerprint density at radius 3 is 2.03 bits per heavy atom. The van der Waals surface area contributed by atoms with Crippen LogP contribution in [0.2, 0.25) is 0 Å². The van der Waals surface area contributed by atoms with Gasteiger partial charge in [-0.05, 0) is 29.7 Å². The molecule has 0 amide bonds. The van der Waals surface area contributed by atoms with Crippen LogP contribution in [0, 0.1) is 0 Å². The molecule has 156 valence electrons. The number of nitrogens with zero attached hydrogens (tertiary/aromatic N) is 1. The monoisotopic (exact) mass is 401 g/mol. The summed E-state index contributed by atoms with van der Waals surface area (Å²) in [7, 11) is 0. The second kappa shape index (κ2) is 11.9. The zero-order chi connectivity index (χ0) is 21.0. The van der Waals surface area contributed by atoms with E-state index in [-0.39, 0.29) is 5.78 Å². The first-order valence-electron chi connectivity index (χ1n) is 10.8. The van der Waals surface area contributed by atoms with Crippen molar-refractivity contribution in [3.8, 4) is 5.75 Å². The van der Waals surface area contributed by atoms with Crippen molar-refractivity contribution in [2.24, 2.45) is 0 Å². The smallest absolute Gasteiger partial charge is 0.176 e. The molecule has 0 bridgehead atoms. The van der Waals surface area contributed by atoms with Gasteiger partial charge in [-0.25, -0.2) is 0 Å². The molecule has 3 nitrogen and oxygen atoms in total. The molecule has 0 aromatic heterocycles. The Balaban J connectivity index is 1.67. The van der Waals surface area contributed by atoms with Gasteiger partial charge >= 0.3 is 0 Å². The van der Waals surface area contributed by atoms with Crippen molar-refractivity contribution in [2.75, 3.05) is 13.2 Å². The maximum atomic E-state index is 13.1. The van der Waals surface area contributed by atoms with Crippen molar-refractivity contribution in [1.82, 2.24) is 4.90 Å². The minimum atomic E-state index is 0.112. The summed E-state index contributed by atoms with van der Waals surface area (Å²) < 4.78 is 5.83. The van der Waals surface area contributed by atoms with Crippen molar-refractivity contribution < 1.29 is 9.53 Å². The van der Waals surface area contributed by atoms with Gasteiger partial charge in [0.15, 0.2) is 5.78 Å². The second-order valence-corrected chi connectivity index (χ2v) is 7.62. The molecule has 0 N–H and O–H groups in total. The van der Waals surface area contributed by atoms with Gasteiger partial charge in [0.25, 0.3) is 0 Å². The average Bonchev–Trinajstić information content (AvgIpc) is 2.78. The van der Waals surface area contributed by atoms with Gasteiger partial charge in [0.1, 0.15) is 5.75 Å². The van der Waals surface area contributed by atoms with Crippen LogP contribution in [0.1, 0.15) is 47.7 Å². The van der Waals surface area contributed by atoms with Gasteiger partial charge < -0.3 is 4.74 Å². The van der Waals surface area contributed by atoms with Crippen LogP contribution in [-0.2, 0) is 13.1 Å². The number of carbonyl (C=O) groups excluding carboxylic acids is 1. The van der Waals surface area contributed by atoms with Gasteiger partial charge in [0.2, 0.25) is 0 Å². The Morgan fingerprint density at radius 2 is 1.43 bits per heavy atom. The van der Waals surface area contributed by atoms with Crippen molar-refractivity contribution in [1.29, 1.82) is 0 Å². The SMILES string of the molecule is CCCCCOc1cccc(C(=O)CN(Cc2ccccc2)Cc2ccccc2)c1. The van der Waals surface area contributed by atoms with E-state index in [1.807, 2.05) is 60.7 Å². The molecule has 3 aromatic rings. The number of rotatable bonds is 12. The average molecular weight is 402 g/mol. The van der Waals surface area contributed by atoms with Crippen LogP contribution < -0.4 is 4.74 Å². The van der Waals surface area contributed by atoms with E-state index in [2.05, 4.69) is 36.1 Å². The molecular weight excluding hydrogens is 370 g/mol. The number of benzene rings is 3. The Kier molecular flexibility index (Phi) is 8.67. The Bertz CT molecular complexity index is 852. The summed E-state index contributed by atoms with van der Waals surface area (Å²) in [5.41, 5.74) is 3.11. The summed E-state index contributed by atoms with van der Waals surface area (Å²) in [5.74, 6) is 0.885. The van der Waals surface area contributed by atoms with Gasteiger partial charge in [-0.15, -0.1) is 0 Å². The summed E-state index contributed by atoms with van der Waals surface area (Å²) in [4.78, 5) is 15.3. The third kappa shape index (κ3) is 7.16. The molecular formula is C27H31NO2. The normalized spacial score (nSPS) is 10.9. The van der Waals surface area contributed by atoms with Crippen LogP contribution in [0.5, 0.6) is 5.75 Å². The maximum absolute atomic E-state index is 13.1. The Labute approximate surface area is 180 Å². The molecule has 0 spiro atoms. The standard InChI is InChI=1S/C27H31NO2/c1-2-3-10-18-30-26-17-11-16-25(19-26)27(29)22-28(20-23-12-6-4-7-13-23)21-24-14-8-5-9-15-24/h4-9,11-17,19H,2-3,10,18,20-22H2,1H3. The van der Waals surface area contributed by atoms with Crippen molar-refractivity contribution in [3.63, 3.8) is 0 Å². The molecule has 0 aliphatic heterocycles. The molecule has 0 saturated carbocycles. The first-order chi connectivity index (χ1) is 14.7. The lowest BCUT2D eigenvalue weighted by Crippen LogP contribution is -2.29. The van der Waals surface area contributed by atoms with E-state index in [9.17, 15) is 4.79 Å². The summed E-state index contributed by atoms with van der Waals surface area (Å²) in [6.07, 6.45) is 3.36. The number of ketones is 1. The number of unbranched alkanes of at least 4 members (excludes halogenated alkanes) is 2.